The number of thiophene rings is 2. The van der Waals surface area contributed by atoms with Crippen molar-refractivity contribution in [2.75, 3.05) is 0 Å². The van der Waals surface area contributed by atoms with Gasteiger partial charge in [-0.2, -0.15) is 0 Å². The minimum atomic E-state index is 0.218. The fraction of sp³-hybridized carbons (Fsp3) is 0.115. The molecular weight excluding hydrogens is 797 g/mol. The van der Waals surface area contributed by atoms with Gasteiger partial charge in [-0.05, 0) is 134 Å². The van der Waals surface area contributed by atoms with E-state index >= 15 is 0 Å². The highest BCUT2D eigenvalue weighted by atomic mass is 32.1. The number of hydrogen-bond donors (Lipinski definition) is 0. The van der Waals surface area contributed by atoms with Crippen LogP contribution >= 0.6 is 22.7 Å². The summed E-state index contributed by atoms with van der Waals surface area (Å²) in [5.41, 5.74) is 18.8. The van der Waals surface area contributed by atoms with Crippen LogP contribution in [0.4, 0.5) is 0 Å². The Bertz CT molecular complexity index is 3550. The van der Waals surface area contributed by atoms with Gasteiger partial charge in [-0.25, -0.2) is 0 Å². The zero-order valence-electron chi connectivity index (χ0n) is 35.7. The van der Waals surface area contributed by atoms with Gasteiger partial charge in [-0.1, -0.05) is 172 Å². The van der Waals surface area contributed by atoms with Crippen LogP contribution in [-0.2, 0) is 0 Å². The number of rotatable bonds is 7. The maximum absolute atomic E-state index is 2.52. The molecular formula is C61H46S2. The highest BCUT2D eigenvalue weighted by Crippen LogP contribution is 2.51. The summed E-state index contributed by atoms with van der Waals surface area (Å²) in [4.78, 5) is 0. The highest BCUT2D eigenvalue weighted by Gasteiger charge is 2.32. The van der Waals surface area contributed by atoms with Gasteiger partial charge in [-0.15, -0.1) is 22.7 Å². The Morgan fingerprint density at radius 2 is 1.06 bits per heavy atom. The van der Waals surface area contributed by atoms with Gasteiger partial charge in [0.25, 0.3) is 0 Å². The van der Waals surface area contributed by atoms with Crippen molar-refractivity contribution in [1.82, 2.24) is 0 Å². The van der Waals surface area contributed by atoms with Gasteiger partial charge in [-0.3, -0.25) is 0 Å². The SMILES string of the molecule is CCC(c1cc(-c2ccc3sc4ccccc4c3c2)c2sc3ccccc3c2c1)c1ccccc1-c1ccc(-c2ccc3c(c2)C(C)C(c2ccccc2)c2ccccc2-3)cc1C. The molecule has 9 aromatic carbocycles. The lowest BCUT2D eigenvalue weighted by molar-refractivity contribution is 0.650. The van der Waals surface area contributed by atoms with Crippen LogP contribution in [0.25, 0.3) is 84.9 Å². The predicted molar refractivity (Wildman–Crippen MR) is 274 cm³/mol. The first-order valence-electron chi connectivity index (χ1n) is 22.4. The van der Waals surface area contributed by atoms with Crippen molar-refractivity contribution in [3.63, 3.8) is 0 Å². The Kier molecular flexibility index (Phi) is 9.29. The second-order valence-corrected chi connectivity index (χ2v) is 19.6. The quantitative estimate of drug-likeness (QED) is 0.150. The summed E-state index contributed by atoms with van der Waals surface area (Å²) >= 11 is 3.81. The van der Waals surface area contributed by atoms with Gasteiger partial charge >= 0.3 is 0 Å². The summed E-state index contributed by atoms with van der Waals surface area (Å²) in [6.45, 7) is 7.07. The Morgan fingerprint density at radius 1 is 0.444 bits per heavy atom. The third-order valence-electron chi connectivity index (χ3n) is 14.0. The first kappa shape index (κ1) is 38.1. The van der Waals surface area contributed by atoms with Gasteiger partial charge in [0.15, 0.2) is 0 Å². The van der Waals surface area contributed by atoms with Gasteiger partial charge in [0, 0.05) is 52.2 Å². The minimum Gasteiger partial charge on any atom is -0.135 e. The summed E-state index contributed by atoms with van der Waals surface area (Å²) < 4.78 is 5.39. The molecule has 0 amide bonds. The molecule has 1 aliphatic carbocycles. The number of benzene rings is 9. The van der Waals surface area contributed by atoms with Crippen molar-refractivity contribution >= 4 is 63.0 Å². The van der Waals surface area contributed by atoms with Crippen LogP contribution in [0.3, 0.4) is 0 Å². The zero-order chi connectivity index (χ0) is 42.2. The molecule has 0 spiro atoms. The Labute approximate surface area is 377 Å². The number of aryl methyl sites for hydroxylation is 1. The Morgan fingerprint density at radius 3 is 1.86 bits per heavy atom. The highest BCUT2D eigenvalue weighted by molar-refractivity contribution is 7.26. The van der Waals surface area contributed by atoms with E-state index in [9.17, 15) is 0 Å². The molecule has 2 heterocycles. The van der Waals surface area contributed by atoms with Crippen molar-refractivity contribution in [2.45, 2.75) is 44.9 Å². The van der Waals surface area contributed by atoms with E-state index in [0.717, 1.165) is 6.42 Å². The standard InChI is InChI=1S/C61H46S2/c1-4-44(43-35-54(61-56(36-43)51-22-13-15-25-58(51)63-61)42-28-31-59-55(34-42)50-21-12-14-24-57(50)62-59)46-18-8-9-19-47(46)45-29-26-40(32-37(45)2)41-27-30-49-48-20-10-11-23-52(48)60(38(3)53(49)33-41)39-16-6-5-7-17-39/h5-36,38,44,60H,4H2,1-3H3. The molecule has 2 aromatic heterocycles. The van der Waals surface area contributed by atoms with E-state index in [1.807, 2.05) is 22.7 Å². The first-order valence-corrected chi connectivity index (χ1v) is 24.0. The predicted octanol–water partition coefficient (Wildman–Crippen LogP) is 18.2. The monoisotopic (exact) mass is 842 g/mol. The normalized spacial score (nSPS) is 15.2. The molecule has 0 saturated carbocycles. The fourth-order valence-corrected chi connectivity index (χ4v) is 13.2. The van der Waals surface area contributed by atoms with Gasteiger partial charge in [0.2, 0.25) is 0 Å². The van der Waals surface area contributed by atoms with Crippen LogP contribution in [0, 0.1) is 6.92 Å². The Balaban J connectivity index is 0.947. The molecule has 0 aliphatic heterocycles. The first-order chi connectivity index (χ1) is 31.0. The second-order valence-electron chi connectivity index (χ2n) is 17.5. The molecule has 63 heavy (non-hydrogen) atoms. The molecule has 0 N–H and O–H groups in total. The maximum atomic E-state index is 2.52. The fourth-order valence-electron chi connectivity index (χ4n) is 10.9. The molecule has 2 heteroatoms. The van der Waals surface area contributed by atoms with Crippen molar-refractivity contribution in [3.8, 4) is 44.5 Å². The molecule has 302 valence electrons. The van der Waals surface area contributed by atoms with E-state index in [0.29, 0.717) is 11.8 Å². The average molecular weight is 843 g/mol. The smallest absolute Gasteiger partial charge is 0.0434 e. The largest absolute Gasteiger partial charge is 0.135 e. The average Bonchev–Trinajstić information content (AvgIpc) is 3.90. The lowest BCUT2D eigenvalue weighted by Gasteiger charge is -2.34. The number of hydrogen-bond acceptors (Lipinski definition) is 2. The molecule has 1 aliphatic rings. The van der Waals surface area contributed by atoms with Gasteiger partial charge in [0.05, 0.1) is 0 Å². The molecule has 3 unspecified atom stereocenters. The van der Waals surface area contributed by atoms with Crippen LogP contribution in [-0.4, -0.2) is 0 Å². The van der Waals surface area contributed by atoms with Crippen molar-refractivity contribution in [2.24, 2.45) is 0 Å². The summed E-state index contributed by atoms with van der Waals surface area (Å²) in [6, 6.07) is 73.5. The van der Waals surface area contributed by atoms with Crippen LogP contribution < -0.4 is 0 Å². The Hall–Kier alpha value is -6.58. The molecule has 0 nitrogen and oxygen atoms in total. The third-order valence-corrected chi connectivity index (χ3v) is 16.3. The molecule has 11 aromatic rings. The van der Waals surface area contributed by atoms with Crippen LogP contribution in [0.1, 0.15) is 71.4 Å². The maximum Gasteiger partial charge on any atom is 0.0434 e. The summed E-state index contributed by atoms with van der Waals surface area (Å²) in [6.07, 6.45) is 0.996. The third kappa shape index (κ3) is 6.30. The zero-order valence-corrected chi connectivity index (χ0v) is 37.4. The van der Waals surface area contributed by atoms with Crippen molar-refractivity contribution in [3.05, 3.63) is 228 Å². The van der Waals surface area contributed by atoms with E-state index in [4.69, 9.17) is 0 Å². The molecule has 0 radical (unpaired) electrons. The number of fused-ring (bicyclic) bond motifs is 9. The van der Waals surface area contributed by atoms with Gasteiger partial charge in [0.1, 0.15) is 0 Å². The van der Waals surface area contributed by atoms with Crippen LogP contribution in [0.15, 0.2) is 194 Å². The lowest BCUT2D eigenvalue weighted by atomic mass is 9.69. The van der Waals surface area contributed by atoms with Crippen LogP contribution in [0.2, 0.25) is 0 Å². The summed E-state index contributed by atoms with van der Waals surface area (Å²) in [5.74, 6) is 0.883. The topological polar surface area (TPSA) is 0 Å². The second kappa shape index (κ2) is 15.3. The van der Waals surface area contributed by atoms with E-state index in [-0.39, 0.29) is 5.92 Å². The van der Waals surface area contributed by atoms with Crippen molar-refractivity contribution < 1.29 is 0 Å². The van der Waals surface area contributed by atoms with Crippen LogP contribution in [0.5, 0.6) is 0 Å². The van der Waals surface area contributed by atoms with E-state index in [1.165, 1.54) is 118 Å². The molecule has 0 bridgehead atoms. The molecule has 0 saturated heterocycles. The summed E-state index contributed by atoms with van der Waals surface area (Å²) in [5, 5.41) is 5.38. The van der Waals surface area contributed by atoms with Crippen molar-refractivity contribution in [1.29, 1.82) is 0 Å². The van der Waals surface area contributed by atoms with E-state index in [2.05, 4.69) is 215 Å². The molecule has 12 rings (SSSR count). The van der Waals surface area contributed by atoms with E-state index < -0.39 is 0 Å². The molecule has 3 atom stereocenters. The summed E-state index contributed by atoms with van der Waals surface area (Å²) in [7, 11) is 0. The molecule has 0 fully saturated rings. The minimum absolute atomic E-state index is 0.218. The van der Waals surface area contributed by atoms with Gasteiger partial charge < -0.3 is 0 Å². The van der Waals surface area contributed by atoms with E-state index in [1.54, 1.807) is 0 Å². The lowest BCUT2D eigenvalue weighted by Crippen LogP contribution is -2.17.